The Hall–Kier alpha value is -1.47. The van der Waals surface area contributed by atoms with Crippen LogP contribution in [0, 0.1) is 0 Å². The minimum atomic E-state index is 0.000327. The molecule has 3 rings (SSSR count). The number of nitrogens with one attached hydrogen (secondary N) is 1. The number of nitrogens with zero attached hydrogens (tertiary/aromatic N) is 3. The molecule has 20 heavy (non-hydrogen) atoms. The van der Waals surface area contributed by atoms with Crippen LogP contribution in [0.5, 0.6) is 0 Å². The molecule has 1 N–H and O–H groups in total. The maximum Gasteiger partial charge on any atom is 0.285 e. The van der Waals surface area contributed by atoms with Gasteiger partial charge >= 0.3 is 0 Å². The highest BCUT2D eigenvalue weighted by molar-refractivity contribution is 7.17. The summed E-state index contributed by atoms with van der Waals surface area (Å²) in [6.45, 7) is 3.45. The molecule has 1 aliphatic rings. The van der Waals surface area contributed by atoms with Gasteiger partial charge in [0.05, 0.1) is 0 Å². The molecule has 0 spiro atoms. The molecular weight excluding hydrogens is 292 g/mol. The minimum absolute atomic E-state index is 0.000327. The van der Waals surface area contributed by atoms with Gasteiger partial charge in [0, 0.05) is 19.1 Å². The molecule has 0 bridgehead atoms. The molecule has 5 nitrogen and oxygen atoms in total. The fourth-order valence-corrected chi connectivity index (χ4v) is 3.41. The molecule has 2 aromatic rings. The monoisotopic (exact) mass is 308 g/mol. The van der Waals surface area contributed by atoms with Crippen LogP contribution in [0.1, 0.15) is 35.1 Å². The van der Waals surface area contributed by atoms with Crippen LogP contribution in [0.3, 0.4) is 0 Å². The SMILES string of the molecule is CCNc1nnc(C(=O)N(Cc2ccsc2)C2CC2)s1. The first-order valence-electron chi connectivity index (χ1n) is 6.67. The van der Waals surface area contributed by atoms with Gasteiger partial charge in [-0.1, -0.05) is 11.3 Å². The number of aromatic nitrogens is 2. The molecule has 106 valence electrons. The van der Waals surface area contributed by atoms with Crippen LogP contribution in [0.4, 0.5) is 5.13 Å². The number of carbonyl (C=O) groups is 1. The van der Waals surface area contributed by atoms with E-state index in [1.807, 2.05) is 17.2 Å². The Balaban J connectivity index is 1.74. The van der Waals surface area contributed by atoms with Crippen molar-refractivity contribution < 1.29 is 4.79 Å². The molecule has 2 heterocycles. The molecule has 0 atom stereocenters. The normalized spacial score (nSPS) is 14.2. The van der Waals surface area contributed by atoms with Crippen LogP contribution in [-0.2, 0) is 6.54 Å². The molecular formula is C13H16N4OS2. The Morgan fingerprint density at radius 1 is 1.50 bits per heavy atom. The van der Waals surface area contributed by atoms with Crippen LogP contribution >= 0.6 is 22.7 Å². The van der Waals surface area contributed by atoms with E-state index >= 15 is 0 Å². The number of anilines is 1. The van der Waals surface area contributed by atoms with Crippen molar-refractivity contribution >= 4 is 33.7 Å². The van der Waals surface area contributed by atoms with E-state index in [1.165, 1.54) is 16.9 Å². The fourth-order valence-electron chi connectivity index (χ4n) is 1.99. The lowest BCUT2D eigenvalue weighted by Gasteiger charge is -2.20. The third-order valence-electron chi connectivity index (χ3n) is 3.12. The summed E-state index contributed by atoms with van der Waals surface area (Å²) in [5, 5.41) is 16.4. The zero-order valence-corrected chi connectivity index (χ0v) is 12.8. The summed E-state index contributed by atoms with van der Waals surface area (Å²) in [6.07, 6.45) is 2.18. The van der Waals surface area contributed by atoms with Crippen LogP contribution in [0.15, 0.2) is 16.8 Å². The van der Waals surface area contributed by atoms with Gasteiger partial charge in [0.25, 0.3) is 5.91 Å². The fraction of sp³-hybridized carbons (Fsp3) is 0.462. The molecule has 1 aliphatic carbocycles. The van der Waals surface area contributed by atoms with Crippen molar-refractivity contribution in [2.45, 2.75) is 32.4 Å². The average molecular weight is 308 g/mol. The highest BCUT2D eigenvalue weighted by Crippen LogP contribution is 2.31. The van der Waals surface area contributed by atoms with Gasteiger partial charge in [-0.05, 0) is 42.2 Å². The van der Waals surface area contributed by atoms with Gasteiger partial charge in [-0.25, -0.2) is 0 Å². The van der Waals surface area contributed by atoms with Gasteiger partial charge in [0.2, 0.25) is 10.1 Å². The van der Waals surface area contributed by atoms with E-state index in [0.717, 1.165) is 19.4 Å². The van der Waals surface area contributed by atoms with E-state index in [0.29, 0.717) is 22.7 Å². The zero-order valence-electron chi connectivity index (χ0n) is 11.2. The van der Waals surface area contributed by atoms with Crippen molar-refractivity contribution in [3.8, 4) is 0 Å². The molecule has 0 radical (unpaired) electrons. The molecule has 0 aromatic carbocycles. The number of rotatable bonds is 6. The molecule has 1 fully saturated rings. The Morgan fingerprint density at radius 3 is 3.00 bits per heavy atom. The van der Waals surface area contributed by atoms with Crippen molar-refractivity contribution in [3.05, 3.63) is 27.4 Å². The second kappa shape index (κ2) is 5.88. The number of hydrogen-bond donors (Lipinski definition) is 1. The Bertz CT molecular complexity index is 577. The Morgan fingerprint density at radius 2 is 2.35 bits per heavy atom. The third kappa shape index (κ3) is 2.99. The van der Waals surface area contributed by atoms with Crippen molar-refractivity contribution in [2.24, 2.45) is 0 Å². The van der Waals surface area contributed by atoms with Gasteiger partial charge in [-0.2, -0.15) is 11.3 Å². The van der Waals surface area contributed by atoms with E-state index in [9.17, 15) is 4.79 Å². The van der Waals surface area contributed by atoms with Gasteiger partial charge in [0.1, 0.15) is 0 Å². The number of thiophene rings is 1. The number of carbonyl (C=O) groups excluding carboxylic acids is 1. The molecule has 1 amide bonds. The molecule has 0 saturated heterocycles. The van der Waals surface area contributed by atoms with Crippen LogP contribution in [0.25, 0.3) is 0 Å². The first kappa shape index (κ1) is 13.5. The average Bonchev–Trinajstić information content (AvgIpc) is 2.97. The summed E-state index contributed by atoms with van der Waals surface area (Å²) in [5.41, 5.74) is 1.19. The van der Waals surface area contributed by atoms with Crippen LogP contribution < -0.4 is 5.32 Å². The highest BCUT2D eigenvalue weighted by Gasteiger charge is 2.34. The van der Waals surface area contributed by atoms with Crippen molar-refractivity contribution in [1.29, 1.82) is 0 Å². The maximum atomic E-state index is 12.6. The van der Waals surface area contributed by atoms with Crippen LogP contribution in [-0.4, -0.2) is 33.6 Å². The first-order valence-corrected chi connectivity index (χ1v) is 8.43. The second-order valence-electron chi connectivity index (χ2n) is 4.74. The summed E-state index contributed by atoms with van der Waals surface area (Å²) in [4.78, 5) is 14.5. The molecule has 7 heteroatoms. The second-order valence-corrected chi connectivity index (χ2v) is 6.50. The lowest BCUT2D eigenvalue weighted by Crippen LogP contribution is -2.32. The summed E-state index contributed by atoms with van der Waals surface area (Å²) in [7, 11) is 0. The molecule has 2 aromatic heterocycles. The number of amides is 1. The minimum Gasteiger partial charge on any atom is -0.360 e. The Kier molecular flexibility index (Phi) is 3.98. The van der Waals surface area contributed by atoms with Gasteiger partial charge in [-0.15, -0.1) is 10.2 Å². The number of hydrogen-bond acceptors (Lipinski definition) is 6. The summed E-state index contributed by atoms with van der Waals surface area (Å²) in [5.74, 6) is 0.000327. The predicted octanol–water partition coefficient (Wildman–Crippen LogP) is 2.84. The van der Waals surface area contributed by atoms with Gasteiger partial charge in [0.15, 0.2) is 0 Å². The van der Waals surface area contributed by atoms with Crippen molar-refractivity contribution in [1.82, 2.24) is 15.1 Å². The van der Waals surface area contributed by atoms with Crippen molar-refractivity contribution in [2.75, 3.05) is 11.9 Å². The van der Waals surface area contributed by atoms with E-state index in [1.54, 1.807) is 11.3 Å². The first-order chi connectivity index (χ1) is 9.78. The third-order valence-corrected chi connectivity index (χ3v) is 4.72. The smallest absolute Gasteiger partial charge is 0.285 e. The van der Waals surface area contributed by atoms with E-state index < -0.39 is 0 Å². The van der Waals surface area contributed by atoms with E-state index in [2.05, 4.69) is 27.0 Å². The van der Waals surface area contributed by atoms with Crippen molar-refractivity contribution in [3.63, 3.8) is 0 Å². The summed E-state index contributed by atoms with van der Waals surface area (Å²) in [6, 6.07) is 2.44. The van der Waals surface area contributed by atoms with E-state index in [4.69, 9.17) is 0 Å². The zero-order chi connectivity index (χ0) is 13.9. The lowest BCUT2D eigenvalue weighted by molar-refractivity contribution is 0.0729. The predicted molar refractivity (Wildman–Crippen MR) is 81.3 cm³/mol. The molecule has 1 saturated carbocycles. The molecule has 0 unspecified atom stereocenters. The van der Waals surface area contributed by atoms with Gasteiger partial charge in [-0.3, -0.25) is 4.79 Å². The highest BCUT2D eigenvalue weighted by atomic mass is 32.1. The largest absolute Gasteiger partial charge is 0.360 e. The topological polar surface area (TPSA) is 58.1 Å². The summed E-state index contributed by atoms with van der Waals surface area (Å²) < 4.78 is 0. The van der Waals surface area contributed by atoms with Crippen LogP contribution in [0.2, 0.25) is 0 Å². The summed E-state index contributed by atoms with van der Waals surface area (Å²) >= 11 is 2.99. The Labute approximate surface area is 125 Å². The maximum absolute atomic E-state index is 12.6. The lowest BCUT2D eigenvalue weighted by atomic mass is 10.3. The standard InChI is InChI=1S/C13H16N4OS2/c1-2-14-13-16-15-11(20-13)12(18)17(10-3-4-10)7-9-5-6-19-8-9/h5-6,8,10H,2-4,7H2,1H3,(H,14,16). The molecule has 0 aliphatic heterocycles. The quantitative estimate of drug-likeness (QED) is 0.891. The van der Waals surface area contributed by atoms with E-state index in [-0.39, 0.29) is 5.91 Å². The van der Waals surface area contributed by atoms with Gasteiger partial charge < -0.3 is 10.2 Å².